The van der Waals surface area contributed by atoms with Crippen LogP contribution in [0.5, 0.6) is 0 Å². The first kappa shape index (κ1) is 11.2. The third-order valence-electron chi connectivity index (χ3n) is 3.54. The molecule has 1 fully saturated rings. The number of pyridine rings is 1. The minimum absolute atomic E-state index is 0.569. The molecule has 1 aliphatic carbocycles. The van der Waals surface area contributed by atoms with Gasteiger partial charge in [-0.3, -0.25) is 4.98 Å². The van der Waals surface area contributed by atoms with E-state index in [1.807, 2.05) is 12.3 Å². The van der Waals surface area contributed by atoms with Gasteiger partial charge in [0.15, 0.2) is 0 Å². The number of nitrogens with two attached hydrogens (primary N) is 1. The summed E-state index contributed by atoms with van der Waals surface area (Å²) >= 11 is 0. The first-order valence-electron chi connectivity index (χ1n) is 6.12. The van der Waals surface area contributed by atoms with Crippen molar-refractivity contribution in [2.75, 3.05) is 11.1 Å². The Morgan fingerprint density at radius 3 is 2.81 bits per heavy atom. The largest absolute Gasteiger partial charge is 0.397 e. The summed E-state index contributed by atoms with van der Waals surface area (Å²) in [6.45, 7) is 4.67. The number of aromatic nitrogens is 1. The zero-order valence-electron chi connectivity index (χ0n) is 10.1. The fourth-order valence-electron chi connectivity index (χ4n) is 2.63. The SMILES string of the molecule is CC1CCC(Nc2cncc(N)c2)C(C)C1. The van der Waals surface area contributed by atoms with Gasteiger partial charge in [-0.1, -0.05) is 13.8 Å². The molecule has 1 aromatic rings. The van der Waals surface area contributed by atoms with E-state index < -0.39 is 0 Å². The summed E-state index contributed by atoms with van der Waals surface area (Å²) < 4.78 is 0. The van der Waals surface area contributed by atoms with Crippen molar-refractivity contribution >= 4 is 11.4 Å². The van der Waals surface area contributed by atoms with Crippen LogP contribution < -0.4 is 11.1 Å². The molecule has 3 heteroatoms. The standard InChI is InChI=1S/C13H21N3/c1-9-3-4-13(10(2)5-9)16-12-6-11(14)7-15-8-12/h6-10,13,16H,3-5,14H2,1-2H3. The Kier molecular flexibility index (Phi) is 3.32. The summed E-state index contributed by atoms with van der Waals surface area (Å²) in [5.41, 5.74) is 7.49. The molecule has 1 heterocycles. The van der Waals surface area contributed by atoms with Gasteiger partial charge in [0, 0.05) is 12.2 Å². The van der Waals surface area contributed by atoms with Crippen molar-refractivity contribution in [3.05, 3.63) is 18.5 Å². The van der Waals surface area contributed by atoms with Crippen LogP contribution in [0, 0.1) is 11.8 Å². The van der Waals surface area contributed by atoms with Crippen LogP contribution in [0.25, 0.3) is 0 Å². The van der Waals surface area contributed by atoms with E-state index in [0.717, 1.165) is 23.2 Å². The first-order chi connectivity index (χ1) is 7.65. The van der Waals surface area contributed by atoms with E-state index in [1.165, 1.54) is 19.3 Å². The molecule has 16 heavy (non-hydrogen) atoms. The van der Waals surface area contributed by atoms with Crippen LogP contribution in [0.1, 0.15) is 33.1 Å². The van der Waals surface area contributed by atoms with Gasteiger partial charge >= 0.3 is 0 Å². The number of nitrogens with zero attached hydrogens (tertiary/aromatic N) is 1. The van der Waals surface area contributed by atoms with E-state index >= 15 is 0 Å². The Balaban J connectivity index is 1.99. The number of anilines is 2. The van der Waals surface area contributed by atoms with Gasteiger partial charge in [0.25, 0.3) is 0 Å². The summed E-state index contributed by atoms with van der Waals surface area (Å²) in [5.74, 6) is 1.59. The Bertz CT molecular complexity index is 351. The second-order valence-corrected chi connectivity index (χ2v) is 5.15. The average molecular weight is 219 g/mol. The van der Waals surface area contributed by atoms with Gasteiger partial charge in [-0.05, 0) is 37.2 Å². The van der Waals surface area contributed by atoms with Crippen molar-refractivity contribution < 1.29 is 0 Å². The van der Waals surface area contributed by atoms with Gasteiger partial charge in [-0.2, -0.15) is 0 Å². The second kappa shape index (κ2) is 4.73. The van der Waals surface area contributed by atoms with E-state index in [-0.39, 0.29) is 0 Å². The molecule has 1 aromatic heterocycles. The van der Waals surface area contributed by atoms with Crippen LogP contribution >= 0.6 is 0 Å². The third-order valence-corrected chi connectivity index (χ3v) is 3.54. The molecule has 3 atom stereocenters. The highest BCUT2D eigenvalue weighted by atomic mass is 14.9. The average Bonchev–Trinajstić information content (AvgIpc) is 2.22. The molecule has 2 rings (SSSR count). The highest BCUT2D eigenvalue weighted by Gasteiger charge is 2.24. The lowest BCUT2D eigenvalue weighted by atomic mass is 9.80. The first-order valence-corrected chi connectivity index (χ1v) is 6.12. The van der Waals surface area contributed by atoms with Crippen LogP contribution in [0.15, 0.2) is 18.5 Å². The molecule has 1 saturated carbocycles. The molecule has 0 spiro atoms. The molecule has 1 aliphatic rings. The summed E-state index contributed by atoms with van der Waals surface area (Å²) in [7, 11) is 0. The van der Waals surface area contributed by atoms with Gasteiger partial charge < -0.3 is 11.1 Å². The summed E-state index contributed by atoms with van der Waals surface area (Å²) in [6, 6.07) is 2.53. The number of hydrogen-bond acceptors (Lipinski definition) is 3. The third kappa shape index (κ3) is 2.65. The quantitative estimate of drug-likeness (QED) is 0.804. The fourth-order valence-corrected chi connectivity index (χ4v) is 2.63. The summed E-state index contributed by atoms with van der Waals surface area (Å²) in [4.78, 5) is 4.10. The normalized spacial score (nSPS) is 30.0. The van der Waals surface area contributed by atoms with Crippen molar-refractivity contribution in [1.29, 1.82) is 0 Å². The van der Waals surface area contributed by atoms with E-state index in [1.54, 1.807) is 6.20 Å². The van der Waals surface area contributed by atoms with Crippen LogP contribution in [-0.2, 0) is 0 Å². The maximum Gasteiger partial charge on any atom is 0.0549 e. The minimum atomic E-state index is 0.569. The van der Waals surface area contributed by atoms with Crippen LogP contribution in [0.3, 0.4) is 0 Å². The van der Waals surface area contributed by atoms with Crippen LogP contribution in [-0.4, -0.2) is 11.0 Å². The zero-order chi connectivity index (χ0) is 11.5. The molecular weight excluding hydrogens is 198 g/mol. The molecule has 0 radical (unpaired) electrons. The fraction of sp³-hybridized carbons (Fsp3) is 0.615. The van der Waals surface area contributed by atoms with Crippen molar-refractivity contribution in [3.63, 3.8) is 0 Å². The second-order valence-electron chi connectivity index (χ2n) is 5.15. The summed E-state index contributed by atoms with van der Waals surface area (Å²) in [5, 5.41) is 3.55. The molecule has 0 bridgehead atoms. The molecule has 0 aliphatic heterocycles. The van der Waals surface area contributed by atoms with Crippen molar-refractivity contribution in [1.82, 2.24) is 4.98 Å². The lowest BCUT2D eigenvalue weighted by molar-refractivity contribution is 0.276. The Labute approximate surface area is 97.5 Å². The Morgan fingerprint density at radius 1 is 1.31 bits per heavy atom. The lowest BCUT2D eigenvalue weighted by Crippen LogP contribution is -2.33. The maximum absolute atomic E-state index is 5.72. The van der Waals surface area contributed by atoms with Crippen molar-refractivity contribution in [2.24, 2.45) is 11.8 Å². The molecule has 0 saturated heterocycles. The molecule has 3 unspecified atom stereocenters. The van der Waals surface area contributed by atoms with Crippen molar-refractivity contribution in [3.8, 4) is 0 Å². The van der Waals surface area contributed by atoms with Crippen molar-refractivity contribution in [2.45, 2.75) is 39.2 Å². The lowest BCUT2D eigenvalue weighted by Gasteiger charge is -2.33. The topological polar surface area (TPSA) is 50.9 Å². The monoisotopic (exact) mass is 219 g/mol. The molecule has 88 valence electrons. The zero-order valence-corrected chi connectivity index (χ0v) is 10.1. The molecule has 3 nitrogen and oxygen atoms in total. The van der Waals surface area contributed by atoms with E-state index in [9.17, 15) is 0 Å². The van der Waals surface area contributed by atoms with Gasteiger partial charge in [-0.25, -0.2) is 0 Å². The highest BCUT2D eigenvalue weighted by Crippen LogP contribution is 2.30. The minimum Gasteiger partial charge on any atom is -0.397 e. The van der Waals surface area contributed by atoms with Gasteiger partial charge in [-0.15, -0.1) is 0 Å². The maximum atomic E-state index is 5.72. The number of nitrogens with one attached hydrogen (secondary N) is 1. The number of hydrogen-bond donors (Lipinski definition) is 2. The molecule has 0 amide bonds. The molecule has 0 aromatic carbocycles. The number of rotatable bonds is 2. The Morgan fingerprint density at radius 2 is 2.12 bits per heavy atom. The summed E-state index contributed by atoms with van der Waals surface area (Å²) in [6.07, 6.45) is 7.40. The Hall–Kier alpha value is -1.25. The van der Waals surface area contributed by atoms with Gasteiger partial charge in [0.05, 0.1) is 17.6 Å². The van der Waals surface area contributed by atoms with E-state index in [0.29, 0.717) is 6.04 Å². The van der Waals surface area contributed by atoms with E-state index in [2.05, 4.69) is 24.1 Å². The van der Waals surface area contributed by atoms with Gasteiger partial charge in [0.2, 0.25) is 0 Å². The van der Waals surface area contributed by atoms with Crippen LogP contribution in [0.2, 0.25) is 0 Å². The van der Waals surface area contributed by atoms with Crippen LogP contribution in [0.4, 0.5) is 11.4 Å². The smallest absolute Gasteiger partial charge is 0.0549 e. The number of nitrogen functional groups attached to an aromatic ring is 1. The van der Waals surface area contributed by atoms with Gasteiger partial charge in [0.1, 0.15) is 0 Å². The molecular formula is C13H21N3. The van der Waals surface area contributed by atoms with E-state index in [4.69, 9.17) is 5.73 Å². The predicted molar refractivity (Wildman–Crippen MR) is 68.2 cm³/mol. The predicted octanol–water partition coefficient (Wildman–Crippen LogP) is 2.90. The molecule has 3 N–H and O–H groups in total. The highest BCUT2D eigenvalue weighted by molar-refractivity contribution is 5.51.